The zero-order chi connectivity index (χ0) is 17.5. The van der Waals surface area contributed by atoms with Gasteiger partial charge in [-0.3, -0.25) is 4.79 Å². The molecule has 0 amide bonds. The third-order valence-corrected chi connectivity index (χ3v) is 5.67. The van der Waals surface area contributed by atoms with Gasteiger partial charge in [-0.05, 0) is 37.3 Å². The van der Waals surface area contributed by atoms with Gasteiger partial charge in [0.1, 0.15) is 0 Å². The Morgan fingerprint density at radius 3 is 2.85 bits per heavy atom. The van der Waals surface area contributed by atoms with Crippen molar-refractivity contribution in [1.82, 2.24) is 20.0 Å². The predicted octanol–water partition coefficient (Wildman–Crippen LogP) is 1.12. The molecule has 136 valence electrons. The molecule has 0 radical (unpaired) electrons. The van der Waals surface area contributed by atoms with Gasteiger partial charge in [0.2, 0.25) is 0 Å². The fourth-order valence-corrected chi connectivity index (χ4v) is 4.13. The lowest BCUT2D eigenvalue weighted by Crippen LogP contribution is -2.50. The van der Waals surface area contributed by atoms with Crippen molar-refractivity contribution in [2.45, 2.75) is 45.3 Å². The largest absolute Gasteiger partial charge is 0.376 e. The molecule has 0 atom stereocenters. The third kappa shape index (κ3) is 2.90. The summed E-state index contributed by atoms with van der Waals surface area (Å²) < 4.78 is 7.17. The molecule has 4 heterocycles. The summed E-state index contributed by atoms with van der Waals surface area (Å²) in [6.45, 7) is 3.82. The van der Waals surface area contributed by atoms with Gasteiger partial charge in [-0.1, -0.05) is 0 Å². The second-order valence-corrected chi connectivity index (χ2v) is 7.59. The van der Waals surface area contributed by atoms with E-state index >= 15 is 0 Å². The number of anilines is 1. The maximum Gasteiger partial charge on any atom is 0.267 e. The second kappa shape index (κ2) is 6.46. The summed E-state index contributed by atoms with van der Waals surface area (Å²) in [5, 5.41) is 13.4. The van der Waals surface area contributed by atoms with E-state index in [4.69, 9.17) is 4.74 Å². The molecule has 0 unspecified atom stereocenters. The molecule has 2 aliphatic heterocycles. The number of fused-ring (bicyclic) bond motifs is 2. The molecule has 2 aromatic rings. The first-order valence-corrected chi connectivity index (χ1v) is 9.54. The maximum absolute atomic E-state index is 12.3. The predicted molar refractivity (Wildman–Crippen MR) is 96.2 cm³/mol. The smallest absolute Gasteiger partial charge is 0.267 e. The van der Waals surface area contributed by atoms with E-state index in [-0.39, 0.29) is 5.56 Å². The molecule has 1 aliphatic carbocycles. The molecule has 0 aromatic carbocycles. The van der Waals surface area contributed by atoms with Crippen molar-refractivity contribution >= 4 is 5.82 Å². The molecule has 0 N–H and O–H groups in total. The van der Waals surface area contributed by atoms with Gasteiger partial charge in [-0.2, -0.15) is 10.2 Å². The molecule has 26 heavy (non-hydrogen) atoms. The van der Waals surface area contributed by atoms with Gasteiger partial charge in [-0.25, -0.2) is 4.68 Å². The molecule has 1 fully saturated rings. The summed E-state index contributed by atoms with van der Waals surface area (Å²) in [6, 6.07) is 3.90. The van der Waals surface area contributed by atoms with Gasteiger partial charge >= 0.3 is 0 Å². The quantitative estimate of drug-likeness (QED) is 0.823. The SMILES string of the molecule is O=c1cc2c(nn1CC1CN(c3cc4c(nn3)CCOC4)C1)CCCC2. The van der Waals surface area contributed by atoms with Crippen LogP contribution in [-0.2, 0) is 37.2 Å². The fraction of sp³-hybridized carbons (Fsp3) is 0.579. The van der Waals surface area contributed by atoms with Gasteiger partial charge in [-0.15, -0.1) is 5.10 Å². The lowest BCUT2D eigenvalue weighted by atomic mass is 9.96. The standard InChI is InChI=1S/C19H23N5O2/c25-19-8-14-3-1-2-4-17(14)22-24(19)11-13-9-23(10-13)18-7-15-12-26-6-5-16(15)20-21-18/h7-8,13H,1-6,9-12H2. The molecule has 2 aromatic heterocycles. The number of nitrogens with zero attached hydrogens (tertiary/aromatic N) is 5. The van der Waals surface area contributed by atoms with Crippen LogP contribution in [0.4, 0.5) is 5.82 Å². The average Bonchev–Trinajstić information content (AvgIpc) is 2.64. The van der Waals surface area contributed by atoms with E-state index in [1.807, 2.05) is 0 Å². The zero-order valence-corrected chi connectivity index (χ0v) is 14.9. The summed E-state index contributed by atoms with van der Waals surface area (Å²) in [5.74, 6) is 1.34. The first-order chi connectivity index (χ1) is 12.8. The van der Waals surface area contributed by atoms with Crippen molar-refractivity contribution in [1.29, 1.82) is 0 Å². The van der Waals surface area contributed by atoms with Gasteiger partial charge in [0, 0.05) is 37.1 Å². The van der Waals surface area contributed by atoms with Crippen molar-refractivity contribution in [3.63, 3.8) is 0 Å². The van der Waals surface area contributed by atoms with Crippen LogP contribution in [0.3, 0.4) is 0 Å². The van der Waals surface area contributed by atoms with E-state index in [2.05, 4.69) is 26.3 Å². The maximum atomic E-state index is 12.3. The summed E-state index contributed by atoms with van der Waals surface area (Å²) in [4.78, 5) is 14.5. The van der Waals surface area contributed by atoms with Crippen molar-refractivity contribution in [2.75, 3.05) is 24.6 Å². The van der Waals surface area contributed by atoms with Crippen LogP contribution in [0.15, 0.2) is 16.9 Å². The number of hydrogen-bond acceptors (Lipinski definition) is 6. The molecule has 7 heteroatoms. The minimum absolute atomic E-state index is 0.0369. The summed E-state index contributed by atoms with van der Waals surface area (Å²) in [6.07, 6.45) is 5.19. The van der Waals surface area contributed by atoms with Crippen molar-refractivity contribution in [3.05, 3.63) is 45.0 Å². The van der Waals surface area contributed by atoms with Crippen LogP contribution in [-0.4, -0.2) is 39.7 Å². The highest BCUT2D eigenvalue weighted by Crippen LogP contribution is 2.26. The van der Waals surface area contributed by atoms with E-state index in [1.165, 1.54) is 12.8 Å². The second-order valence-electron chi connectivity index (χ2n) is 7.59. The topological polar surface area (TPSA) is 73.1 Å². The van der Waals surface area contributed by atoms with Crippen LogP contribution >= 0.6 is 0 Å². The van der Waals surface area contributed by atoms with Gasteiger partial charge in [0.25, 0.3) is 5.56 Å². The third-order valence-electron chi connectivity index (χ3n) is 5.67. The van der Waals surface area contributed by atoms with E-state index < -0.39 is 0 Å². The van der Waals surface area contributed by atoms with Crippen LogP contribution in [0.2, 0.25) is 0 Å². The van der Waals surface area contributed by atoms with E-state index in [0.29, 0.717) is 19.1 Å². The molecule has 0 bridgehead atoms. The summed E-state index contributed by atoms with van der Waals surface area (Å²) in [5.41, 5.74) is 4.51. The Morgan fingerprint density at radius 1 is 1.04 bits per heavy atom. The first kappa shape index (κ1) is 15.9. The molecular weight excluding hydrogens is 330 g/mol. The number of aryl methyl sites for hydroxylation is 2. The van der Waals surface area contributed by atoms with Crippen LogP contribution < -0.4 is 10.5 Å². The van der Waals surface area contributed by atoms with Crippen molar-refractivity contribution in [3.8, 4) is 0 Å². The van der Waals surface area contributed by atoms with Gasteiger partial charge in [0.15, 0.2) is 5.82 Å². The van der Waals surface area contributed by atoms with E-state index in [0.717, 1.165) is 67.3 Å². The Balaban J connectivity index is 1.26. The Morgan fingerprint density at radius 2 is 1.92 bits per heavy atom. The Hall–Kier alpha value is -2.28. The van der Waals surface area contributed by atoms with Crippen molar-refractivity contribution < 1.29 is 4.74 Å². The van der Waals surface area contributed by atoms with Crippen molar-refractivity contribution in [2.24, 2.45) is 5.92 Å². The fourth-order valence-electron chi connectivity index (χ4n) is 4.13. The zero-order valence-electron chi connectivity index (χ0n) is 14.9. The Kier molecular flexibility index (Phi) is 3.96. The lowest BCUT2D eigenvalue weighted by molar-refractivity contribution is 0.108. The number of ether oxygens (including phenoxy) is 1. The van der Waals surface area contributed by atoms with Crippen LogP contribution in [0.25, 0.3) is 0 Å². The highest BCUT2D eigenvalue weighted by atomic mass is 16.5. The first-order valence-electron chi connectivity index (χ1n) is 9.54. The molecule has 1 saturated heterocycles. The average molecular weight is 353 g/mol. The molecule has 0 spiro atoms. The minimum Gasteiger partial charge on any atom is -0.376 e. The van der Waals surface area contributed by atoms with E-state index in [1.54, 1.807) is 10.7 Å². The Labute approximate surface area is 152 Å². The van der Waals surface area contributed by atoms with Gasteiger partial charge < -0.3 is 9.64 Å². The number of aromatic nitrogens is 4. The minimum atomic E-state index is 0.0369. The highest BCUT2D eigenvalue weighted by Gasteiger charge is 2.30. The molecule has 0 saturated carbocycles. The summed E-state index contributed by atoms with van der Waals surface area (Å²) >= 11 is 0. The normalized spacial score (nSPS) is 19.6. The molecule has 7 nitrogen and oxygen atoms in total. The van der Waals surface area contributed by atoms with Crippen LogP contribution in [0.5, 0.6) is 0 Å². The number of hydrogen-bond donors (Lipinski definition) is 0. The molecular formula is C19H23N5O2. The van der Waals surface area contributed by atoms with E-state index in [9.17, 15) is 4.79 Å². The molecule has 3 aliphatic rings. The monoisotopic (exact) mass is 353 g/mol. The van der Waals surface area contributed by atoms with Crippen LogP contribution in [0.1, 0.15) is 35.4 Å². The number of rotatable bonds is 3. The summed E-state index contributed by atoms with van der Waals surface area (Å²) in [7, 11) is 0. The van der Waals surface area contributed by atoms with Crippen LogP contribution in [0, 0.1) is 5.92 Å². The van der Waals surface area contributed by atoms with Gasteiger partial charge in [0.05, 0.1) is 31.1 Å². The lowest BCUT2D eigenvalue weighted by Gasteiger charge is -2.40. The molecule has 5 rings (SSSR count). The highest BCUT2D eigenvalue weighted by molar-refractivity contribution is 5.44. The Bertz CT molecular complexity index is 888.